The van der Waals surface area contributed by atoms with Crippen LogP contribution in [0.3, 0.4) is 0 Å². The molecule has 2 amide bonds. The molecule has 0 unspecified atom stereocenters. The second-order valence-corrected chi connectivity index (χ2v) is 3.99. The first kappa shape index (κ1) is 12.4. The largest absolute Gasteiger partial charge is 0.494 e. The number of rotatable bonds is 5. The predicted molar refractivity (Wildman–Crippen MR) is 67.2 cm³/mol. The van der Waals surface area contributed by atoms with Crippen LogP contribution in [0.15, 0.2) is 36.4 Å². The Morgan fingerprint density at radius 1 is 1.06 bits per heavy atom. The van der Waals surface area contributed by atoms with E-state index in [4.69, 9.17) is 4.74 Å². The van der Waals surface area contributed by atoms with Gasteiger partial charge in [-0.15, -0.1) is 0 Å². The lowest BCUT2D eigenvalue weighted by atomic mass is 10.1. The standard InChI is InChI=1S/C14H15NO3/c1-2-18-12-5-3-11(4-6-12)9-10-15-13(16)7-8-14(15)17/h3-8H,2,9-10H2,1H3. The number of imide groups is 1. The smallest absolute Gasteiger partial charge is 0.253 e. The van der Waals surface area contributed by atoms with Gasteiger partial charge in [-0.3, -0.25) is 14.5 Å². The number of hydrogen-bond acceptors (Lipinski definition) is 3. The second kappa shape index (κ2) is 5.49. The van der Waals surface area contributed by atoms with Gasteiger partial charge in [-0.1, -0.05) is 12.1 Å². The first-order chi connectivity index (χ1) is 8.70. The van der Waals surface area contributed by atoms with Crippen molar-refractivity contribution in [3.8, 4) is 5.75 Å². The van der Waals surface area contributed by atoms with Crippen molar-refractivity contribution in [2.75, 3.05) is 13.2 Å². The fourth-order valence-corrected chi connectivity index (χ4v) is 1.81. The molecule has 94 valence electrons. The van der Waals surface area contributed by atoms with Crippen molar-refractivity contribution in [2.24, 2.45) is 0 Å². The van der Waals surface area contributed by atoms with Crippen LogP contribution in [-0.2, 0) is 16.0 Å². The lowest BCUT2D eigenvalue weighted by Crippen LogP contribution is -2.31. The summed E-state index contributed by atoms with van der Waals surface area (Å²) in [6.07, 6.45) is 3.27. The van der Waals surface area contributed by atoms with Gasteiger partial charge in [0, 0.05) is 18.7 Å². The second-order valence-electron chi connectivity index (χ2n) is 3.99. The zero-order valence-electron chi connectivity index (χ0n) is 10.3. The molecule has 2 rings (SSSR count). The van der Waals surface area contributed by atoms with Gasteiger partial charge in [0.05, 0.1) is 6.61 Å². The molecule has 1 aliphatic heterocycles. The molecule has 1 aromatic carbocycles. The van der Waals surface area contributed by atoms with Crippen LogP contribution in [0.2, 0.25) is 0 Å². The molecule has 18 heavy (non-hydrogen) atoms. The van der Waals surface area contributed by atoms with Gasteiger partial charge in [0.25, 0.3) is 11.8 Å². The minimum Gasteiger partial charge on any atom is -0.494 e. The molecule has 0 atom stereocenters. The fraction of sp³-hybridized carbons (Fsp3) is 0.286. The van der Waals surface area contributed by atoms with Crippen LogP contribution in [0.4, 0.5) is 0 Å². The Balaban J connectivity index is 1.90. The summed E-state index contributed by atoms with van der Waals surface area (Å²) in [6, 6.07) is 7.68. The van der Waals surface area contributed by atoms with Gasteiger partial charge in [0.1, 0.15) is 5.75 Å². The highest BCUT2D eigenvalue weighted by Gasteiger charge is 2.22. The molecule has 1 heterocycles. The van der Waals surface area contributed by atoms with E-state index in [1.807, 2.05) is 31.2 Å². The molecule has 0 saturated carbocycles. The lowest BCUT2D eigenvalue weighted by molar-refractivity contribution is -0.136. The monoisotopic (exact) mass is 245 g/mol. The zero-order valence-corrected chi connectivity index (χ0v) is 10.3. The van der Waals surface area contributed by atoms with Gasteiger partial charge in [-0.25, -0.2) is 0 Å². The maximum absolute atomic E-state index is 11.3. The number of hydrogen-bond donors (Lipinski definition) is 0. The number of nitrogens with zero attached hydrogens (tertiary/aromatic N) is 1. The third-order valence-electron chi connectivity index (χ3n) is 2.76. The minimum absolute atomic E-state index is 0.231. The Hall–Kier alpha value is -2.10. The molecule has 0 aliphatic carbocycles. The van der Waals surface area contributed by atoms with Gasteiger partial charge in [-0.2, -0.15) is 0 Å². The van der Waals surface area contributed by atoms with Crippen LogP contribution in [0, 0.1) is 0 Å². The van der Waals surface area contributed by atoms with Crippen molar-refractivity contribution >= 4 is 11.8 Å². The first-order valence-electron chi connectivity index (χ1n) is 5.96. The molecule has 0 bridgehead atoms. The van der Waals surface area contributed by atoms with E-state index >= 15 is 0 Å². The average Bonchev–Trinajstić information content (AvgIpc) is 2.69. The van der Waals surface area contributed by atoms with Crippen molar-refractivity contribution in [1.82, 2.24) is 4.90 Å². The molecule has 0 radical (unpaired) electrons. The van der Waals surface area contributed by atoms with Crippen LogP contribution in [0.25, 0.3) is 0 Å². The summed E-state index contributed by atoms with van der Waals surface area (Å²) in [5.41, 5.74) is 1.07. The molecule has 0 spiro atoms. The van der Waals surface area contributed by atoms with Crippen LogP contribution < -0.4 is 4.74 Å². The topological polar surface area (TPSA) is 46.6 Å². The Kier molecular flexibility index (Phi) is 3.77. The normalized spacial score (nSPS) is 14.4. The summed E-state index contributed by atoms with van der Waals surface area (Å²) >= 11 is 0. The van der Waals surface area contributed by atoms with E-state index in [-0.39, 0.29) is 11.8 Å². The summed E-state index contributed by atoms with van der Waals surface area (Å²) in [4.78, 5) is 23.9. The molecule has 1 aromatic rings. The first-order valence-corrected chi connectivity index (χ1v) is 5.96. The van der Waals surface area contributed by atoms with Gasteiger partial charge in [0.15, 0.2) is 0 Å². The van der Waals surface area contributed by atoms with Crippen LogP contribution in [0.1, 0.15) is 12.5 Å². The van der Waals surface area contributed by atoms with Crippen molar-refractivity contribution in [1.29, 1.82) is 0 Å². The van der Waals surface area contributed by atoms with Crippen molar-refractivity contribution in [2.45, 2.75) is 13.3 Å². The maximum atomic E-state index is 11.3. The maximum Gasteiger partial charge on any atom is 0.253 e. The SMILES string of the molecule is CCOc1ccc(CCN2C(=O)C=CC2=O)cc1. The van der Waals surface area contributed by atoms with Crippen LogP contribution in [-0.4, -0.2) is 29.9 Å². The molecule has 4 nitrogen and oxygen atoms in total. The van der Waals surface area contributed by atoms with E-state index < -0.39 is 0 Å². The fourth-order valence-electron chi connectivity index (χ4n) is 1.81. The van der Waals surface area contributed by atoms with Crippen molar-refractivity contribution in [3.63, 3.8) is 0 Å². The summed E-state index contributed by atoms with van der Waals surface area (Å²) in [5.74, 6) is 0.369. The zero-order chi connectivity index (χ0) is 13.0. The van der Waals surface area contributed by atoms with E-state index in [1.165, 1.54) is 17.1 Å². The van der Waals surface area contributed by atoms with Gasteiger partial charge in [0.2, 0.25) is 0 Å². The van der Waals surface area contributed by atoms with E-state index in [1.54, 1.807) is 0 Å². The van der Waals surface area contributed by atoms with Gasteiger partial charge in [-0.05, 0) is 31.0 Å². The summed E-state index contributed by atoms with van der Waals surface area (Å²) in [5, 5.41) is 0. The summed E-state index contributed by atoms with van der Waals surface area (Å²) < 4.78 is 5.34. The highest BCUT2D eigenvalue weighted by Crippen LogP contribution is 2.13. The highest BCUT2D eigenvalue weighted by atomic mass is 16.5. The molecular weight excluding hydrogens is 230 g/mol. The van der Waals surface area contributed by atoms with E-state index in [0.29, 0.717) is 19.6 Å². The summed E-state index contributed by atoms with van der Waals surface area (Å²) in [6.45, 7) is 2.99. The Labute approximate surface area is 106 Å². The third-order valence-corrected chi connectivity index (χ3v) is 2.76. The van der Waals surface area contributed by atoms with Crippen molar-refractivity contribution < 1.29 is 14.3 Å². The number of carbonyl (C=O) groups excluding carboxylic acids is 2. The average molecular weight is 245 g/mol. The molecule has 1 aliphatic rings. The number of ether oxygens (including phenoxy) is 1. The molecule has 0 aromatic heterocycles. The van der Waals surface area contributed by atoms with E-state index in [0.717, 1.165) is 11.3 Å². The van der Waals surface area contributed by atoms with Crippen molar-refractivity contribution in [3.05, 3.63) is 42.0 Å². The van der Waals surface area contributed by atoms with E-state index in [2.05, 4.69) is 0 Å². The Morgan fingerprint density at radius 2 is 1.67 bits per heavy atom. The molecule has 4 heteroatoms. The van der Waals surface area contributed by atoms with E-state index in [9.17, 15) is 9.59 Å². The van der Waals surface area contributed by atoms with Crippen LogP contribution >= 0.6 is 0 Å². The number of benzene rings is 1. The predicted octanol–water partition coefficient (Wildman–Crippen LogP) is 1.55. The molecular formula is C14H15NO3. The molecule has 0 saturated heterocycles. The third kappa shape index (κ3) is 2.77. The lowest BCUT2D eigenvalue weighted by Gasteiger charge is -2.13. The van der Waals surface area contributed by atoms with Crippen LogP contribution in [0.5, 0.6) is 5.75 Å². The highest BCUT2D eigenvalue weighted by molar-refractivity contribution is 6.12. The Morgan fingerprint density at radius 3 is 2.22 bits per heavy atom. The Bertz CT molecular complexity index is 458. The molecule has 0 fully saturated rings. The number of amides is 2. The molecule has 0 N–H and O–H groups in total. The number of carbonyl (C=O) groups is 2. The quantitative estimate of drug-likeness (QED) is 0.739. The van der Waals surface area contributed by atoms with Gasteiger partial charge >= 0.3 is 0 Å². The summed E-state index contributed by atoms with van der Waals surface area (Å²) in [7, 11) is 0. The minimum atomic E-state index is -0.231. The van der Waals surface area contributed by atoms with Gasteiger partial charge < -0.3 is 4.74 Å².